The first-order chi connectivity index (χ1) is 9.06. The lowest BCUT2D eigenvalue weighted by Gasteiger charge is -2.20. The number of halogens is 1. The van der Waals surface area contributed by atoms with Crippen molar-refractivity contribution in [1.29, 1.82) is 0 Å². The van der Waals surface area contributed by atoms with Gasteiger partial charge in [-0.3, -0.25) is 23.7 Å². The number of imide groups is 1. The van der Waals surface area contributed by atoms with Crippen LogP contribution >= 0.6 is 23.1 Å². The van der Waals surface area contributed by atoms with Crippen LogP contribution in [0.3, 0.4) is 0 Å². The number of nitrogens with zero attached hydrogens (tertiary/aromatic N) is 1. The maximum Gasteiger partial charge on any atom is 0.269 e. The Morgan fingerprint density at radius 1 is 1.32 bits per heavy atom. The second kappa shape index (κ2) is 4.47. The van der Waals surface area contributed by atoms with Crippen LogP contribution in [0.15, 0.2) is 23.0 Å². The van der Waals surface area contributed by atoms with Crippen LogP contribution in [-0.4, -0.2) is 15.8 Å². The van der Waals surface area contributed by atoms with Gasteiger partial charge in [0, 0.05) is 11.4 Å². The smallest absolute Gasteiger partial charge is 0.269 e. The van der Waals surface area contributed by atoms with E-state index in [0.717, 1.165) is 4.70 Å². The van der Waals surface area contributed by atoms with E-state index < -0.39 is 11.9 Å². The number of aromatic nitrogens is 1. The molecule has 1 saturated heterocycles. The summed E-state index contributed by atoms with van der Waals surface area (Å²) < 4.78 is 2.16. The molecule has 1 fully saturated rings. The highest BCUT2D eigenvalue weighted by Crippen LogP contribution is 2.26. The summed E-state index contributed by atoms with van der Waals surface area (Å²) in [7, 11) is 0. The molecule has 1 aliphatic rings. The van der Waals surface area contributed by atoms with Crippen molar-refractivity contribution in [3.63, 3.8) is 0 Å². The summed E-state index contributed by atoms with van der Waals surface area (Å²) >= 11 is 7.08. The van der Waals surface area contributed by atoms with E-state index in [0.29, 0.717) is 16.8 Å². The number of carbonyl (C=O) groups is 2. The van der Waals surface area contributed by atoms with E-state index in [1.807, 2.05) is 0 Å². The van der Waals surface area contributed by atoms with Crippen LogP contribution in [0, 0.1) is 0 Å². The van der Waals surface area contributed by atoms with Gasteiger partial charge < -0.3 is 0 Å². The van der Waals surface area contributed by atoms with Crippen molar-refractivity contribution in [2.75, 3.05) is 0 Å². The van der Waals surface area contributed by atoms with E-state index in [1.54, 1.807) is 18.2 Å². The maximum atomic E-state index is 12.2. The Balaban J connectivity index is 2.10. The van der Waals surface area contributed by atoms with Gasteiger partial charge in [0.15, 0.2) is 0 Å². The monoisotopic (exact) mass is 296 g/mol. The molecule has 2 heterocycles. The lowest BCUT2D eigenvalue weighted by molar-refractivity contribution is -0.135. The molecule has 98 valence electrons. The molecule has 0 saturated carbocycles. The minimum atomic E-state index is -0.610. The average molecular weight is 297 g/mol. The highest BCUT2D eigenvalue weighted by molar-refractivity contribution is 7.14. The lowest BCUT2D eigenvalue weighted by atomic mass is 10.1. The van der Waals surface area contributed by atoms with Crippen molar-refractivity contribution in [2.45, 2.75) is 18.9 Å². The van der Waals surface area contributed by atoms with Crippen LogP contribution in [-0.2, 0) is 9.59 Å². The SMILES string of the molecule is O=C1CCC(n2sc3cc(Cl)ccc3c2=O)C(=O)N1. The van der Waals surface area contributed by atoms with E-state index in [4.69, 9.17) is 11.6 Å². The zero-order chi connectivity index (χ0) is 13.6. The second-order valence-electron chi connectivity index (χ2n) is 4.33. The maximum absolute atomic E-state index is 12.2. The molecule has 1 N–H and O–H groups in total. The summed E-state index contributed by atoms with van der Waals surface area (Å²) in [6.07, 6.45) is 0.600. The van der Waals surface area contributed by atoms with Gasteiger partial charge in [-0.05, 0) is 24.6 Å². The van der Waals surface area contributed by atoms with Crippen LogP contribution in [0.5, 0.6) is 0 Å². The standard InChI is InChI=1S/C12H9ClN2O3S/c13-6-1-2-7-9(5-6)19-15(12(7)18)8-3-4-10(16)14-11(8)17/h1-2,5,8H,3-4H2,(H,14,16,17). The summed E-state index contributed by atoms with van der Waals surface area (Å²) in [6, 6.07) is 4.39. The third-order valence-electron chi connectivity index (χ3n) is 3.06. The van der Waals surface area contributed by atoms with Crippen LogP contribution in [0.2, 0.25) is 5.02 Å². The van der Waals surface area contributed by atoms with Gasteiger partial charge in [0.2, 0.25) is 5.91 Å². The number of carbonyl (C=O) groups excluding carboxylic acids is 2. The average Bonchev–Trinajstić information content (AvgIpc) is 2.66. The molecule has 1 aromatic carbocycles. The van der Waals surface area contributed by atoms with Gasteiger partial charge in [-0.1, -0.05) is 23.1 Å². The molecule has 2 aromatic rings. The van der Waals surface area contributed by atoms with Crippen molar-refractivity contribution >= 4 is 45.0 Å². The Labute approximate surface area is 116 Å². The molecule has 0 aliphatic carbocycles. The summed E-state index contributed by atoms with van der Waals surface area (Å²) in [6.45, 7) is 0. The van der Waals surface area contributed by atoms with Crippen LogP contribution in [0.4, 0.5) is 0 Å². The number of hydrogen-bond donors (Lipinski definition) is 1. The number of rotatable bonds is 1. The Morgan fingerprint density at radius 2 is 2.11 bits per heavy atom. The normalized spacial score (nSPS) is 19.7. The Hall–Kier alpha value is -1.66. The first-order valence-electron chi connectivity index (χ1n) is 5.71. The minimum Gasteiger partial charge on any atom is -0.295 e. The molecule has 0 radical (unpaired) electrons. The third-order valence-corrected chi connectivity index (χ3v) is 4.45. The summed E-state index contributed by atoms with van der Waals surface area (Å²) in [5.41, 5.74) is -0.217. The van der Waals surface area contributed by atoms with Gasteiger partial charge in [-0.25, -0.2) is 0 Å². The van der Waals surface area contributed by atoms with Crippen LogP contribution in [0.1, 0.15) is 18.9 Å². The highest BCUT2D eigenvalue weighted by atomic mass is 35.5. The largest absolute Gasteiger partial charge is 0.295 e. The number of nitrogens with one attached hydrogen (secondary N) is 1. The zero-order valence-corrected chi connectivity index (χ0v) is 11.3. The number of fused-ring (bicyclic) bond motifs is 1. The molecule has 5 nitrogen and oxygen atoms in total. The second-order valence-corrected chi connectivity index (χ2v) is 5.78. The van der Waals surface area contributed by atoms with Gasteiger partial charge in [0.25, 0.3) is 11.5 Å². The molecule has 1 unspecified atom stereocenters. The number of piperidine rings is 1. The van der Waals surface area contributed by atoms with Crippen molar-refractivity contribution in [1.82, 2.24) is 9.27 Å². The minimum absolute atomic E-state index is 0.217. The predicted molar refractivity (Wildman–Crippen MR) is 72.5 cm³/mol. The van der Waals surface area contributed by atoms with Gasteiger partial charge in [-0.15, -0.1) is 0 Å². The number of amides is 2. The Bertz CT molecular complexity index is 749. The molecule has 0 bridgehead atoms. The van der Waals surface area contributed by atoms with Gasteiger partial charge in [-0.2, -0.15) is 0 Å². The van der Waals surface area contributed by atoms with E-state index in [1.165, 1.54) is 15.5 Å². The molecule has 3 rings (SSSR count). The molecule has 1 aliphatic heterocycles. The summed E-state index contributed by atoms with van der Waals surface area (Å²) in [5, 5.41) is 3.34. The molecular formula is C12H9ClN2O3S. The fraction of sp³-hybridized carbons (Fsp3) is 0.250. The van der Waals surface area contributed by atoms with Crippen molar-refractivity contribution < 1.29 is 9.59 Å². The first kappa shape index (κ1) is 12.4. The molecule has 1 atom stereocenters. The predicted octanol–water partition coefficient (Wildman–Crippen LogP) is 1.69. The molecule has 2 amide bonds. The fourth-order valence-corrected chi connectivity index (χ4v) is 3.52. The molecule has 19 heavy (non-hydrogen) atoms. The fourth-order valence-electron chi connectivity index (χ4n) is 2.13. The lowest BCUT2D eigenvalue weighted by Crippen LogP contribution is -2.43. The van der Waals surface area contributed by atoms with Gasteiger partial charge in [0.1, 0.15) is 6.04 Å². The van der Waals surface area contributed by atoms with E-state index in [9.17, 15) is 14.4 Å². The van der Waals surface area contributed by atoms with Crippen LogP contribution < -0.4 is 10.9 Å². The molecule has 1 aromatic heterocycles. The number of benzene rings is 1. The van der Waals surface area contributed by atoms with Gasteiger partial charge >= 0.3 is 0 Å². The van der Waals surface area contributed by atoms with E-state index >= 15 is 0 Å². The van der Waals surface area contributed by atoms with Gasteiger partial charge in [0.05, 0.1) is 10.1 Å². The number of hydrogen-bond acceptors (Lipinski definition) is 4. The highest BCUT2D eigenvalue weighted by Gasteiger charge is 2.30. The zero-order valence-electron chi connectivity index (χ0n) is 9.68. The quantitative estimate of drug-likeness (QED) is 0.814. The first-order valence-corrected chi connectivity index (χ1v) is 6.86. The molecule has 7 heteroatoms. The Kier molecular flexibility index (Phi) is 2.91. The Morgan fingerprint density at radius 3 is 2.84 bits per heavy atom. The molecule has 0 spiro atoms. The van der Waals surface area contributed by atoms with Crippen molar-refractivity contribution in [3.05, 3.63) is 33.6 Å². The van der Waals surface area contributed by atoms with Crippen molar-refractivity contribution in [2.24, 2.45) is 0 Å². The molecular weight excluding hydrogens is 288 g/mol. The van der Waals surface area contributed by atoms with E-state index in [-0.39, 0.29) is 17.9 Å². The summed E-state index contributed by atoms with van der Waals surface area (Å²) in [5.74, 6) is -0.713. The topological polar surface area (TPSA) is 68.2 Å². The van der Waals surface area contributed by atoms with E-state index in [2.05, 4.69) is 5.32 Å². The van der Waals surface area contributed by atoms with Crippen molar-refractivity contribution in [3.8, 4) is 0 Å². The third kappa shape index (κ3) is 2.06. The summed E-state index contributed by atoms with van der Waals surface area (Å²) in [4.78, 5) is 35.1. The van der Waals surface area contributed by atoms with Crippen LogP contribution in [0.25, 0.3) is 10.1 Å².